The van der Waals surface area contributed by atoms with E-state index in [-0.39, 0.29) is 13.1 Å². The molecule has 0 aliphatic carbocycles. The molecule has 1 saturated heterocycles. The maximum atomic E-state index is 12.2. The third-order valence-corrected chi connectivity index (χ3v) is 6.15. The molecule has 0 bridgehead atoms. The maximum absolute atomic E-state index is 12.2. The summed E-state index contributed by atoms with van der Waals surface area (Å²) in [6.45, 7) is 15.5. The van der Waals surface area contributed by atoms with E-state index in [0.717, 1.165) is 43.3 Å². The second-order valence-electron chi connectivity index (χ2n) is 11.6. The zero-order chi connectivity index (χ0) is 33.8. The van der Waals surface area contributed by atoms with Gasteiger partial charge in [0.05, 0.1) is 13.1 Å². The van der Waals surface area contributed by atoms with Crippen LogP contribution in [0.1, 0.15) is 63.9 Å². The summed E-state index contributed by atoms with van der Waals surface area (Å²) >= 11 is 0. The predicted octanol–water partition coefficient (Wildman–Crippen LogP) is 2.75. The Labute approximate surface area is 268 Å². The van der Waals surface area contributed by atoms with Gasteiger partial charge in [-0.3, -0.25) is 24.0 Å². The van der Waals surface area contributed by atoms with Crippen LogP contribution in [0.2, 0.25) is 0 Å². The predicted molar refractivity (Wildman–Crippen MR) is 179 cm³/mol. The first-order valence-corrected chi connectivity index (χ1v) is 15.6. The van der Waals surface area contributed by atoms with Gasteiger partial charge < -0.3 is 31.1 Å². The Kier molecular flexibility index (Phi) is 18.5. The van der Waals surface area contributed by atoms with Crippen LogP contribution in [0.4, 0.5) is 5.69 Å². The molecule has 1 aliphatic heterocycles. The number of likely N-dealkylation sites (N-methyl/N-ethyl adjacent to an activating group) is 1. The molecule has 3 rings (SSSR count). The first-order valence-electron chi connectivity index (χ1n) is 15.6. The van der Waals surface area contributed by atoms with E-state index in [1.807, 2.05) is 24.3 Å². The highest BCUT2D eigenvalue weighted by molar-refractivity contribution is 6.37. The molecule has 0 unspecified atom stereocenters. The van der Waals surface area contributed by atoms with Gasteiger partial charge in [-0.1, -0.05) is 71.4 Å². The Bertz CT molecular complexity index is 1190. The Morgan fingerprint density at radius 3 is 1.87 bits per heavy atom. The summed E-state index contributed by atoms with van der Waals surface area (Å²) < 4.78 is 0. The average molecular weight is 625 g/mol. The fraction of sp³-hybridized carbons (Fsp3) is 0.500. The van der Waals surface area contributed by atoms with Crippen LogP contribution < -0.4 is 26.2 Å². The topological polar surface area (TPSA) is 140 Å². The lowest BCUT2D eigenvalue weighted by molar-refractivity contribution is -0.138. The van der Waals surface area contributed by atoms with Crippen LogP contribution in [0.3, 0.4) is 0 Å². The summed E-state index contributed by atoms with van der Waals surface area (Å²) in [7, 11) is 2.10. The lowest BCUT2D eigenvalue weighted by Crippen LogP contribution is -2.49. The fourth-order valence-electron chi connectivity index (χ4n) is 3.78. The number of benzene rings is 2. The number of anilines is 1. The number of hydrogen-bond donors (Lipinski definition) is 4. The van der Waals surface area contributed by atoms with E-state index in [1.54, 1.807) is 30.3 Å². The number of nitrogens with one attached hydrogen (secondary N) is 4. The van der Waals surface area contributed by atoms with Crippen molar-refractivity contribution in [2.24, 2.45) is 5.92 Å². The number of carbonyl (C=O) groups excluding carboxylic acids is 5. The van der Waals surface area contributed by atoms with Crippen molar-refractivity contribution in [2.75, 3.05) is 51.2 Å². The van der Waals surface area contributed by atoms with Gasteiger partial charge in [-0.05, 0) is 49.7 Å². The van der Waals surface area contributed by atoms with Crippen molar-refractivity contribution in [2.45, 2.75) is 60.5 Å². The number of nitrogens with zero attached hydrogens (tertiary/aromatic N) is 2. The van der Waals surface area contributed by atoms with Gasteiger partial charge in [0.2, 0.25) is 17.6 Å². The number of ketones is 1. The highest BCUT2D eigenvalue weighted by Gasteiger charge is 2.20. The van der Waals surface area contributed by atoms with Gasteiger partial charge in [0.1, 0.15) is 6.04 Å². The van der Waals surface area contributed by atoms with E-state index in [4.69, 9.17) is 0 Å². The number of amides is 4. The molecule has 2 aromatic carbocycles. The molecule has 4 amide bonds. The largest absolute Gasteiger partial charge is 0.369 e. The molecular formula is C34H52N6O5. The quantitative estimate of drug-likeness (QED) is 0.282. The van der Waals surface area contributed by atoms with Gasteiger partial charge in [-0.2, -0.15) is 0 Å². The standard InChI is InChI=1S/C27H34N6O5.C4H10.C3H8/c1-19(31-24(35)18-30-26(37)21-6-4-3-5-7-21)25(36)29-17-23(34)27(38)28-16-20-8-10-22(11-9-20)33-14-12-32(2)13-15-33;1-4(2)3;1-3-2/h3-11,19H,12-18H2,1-2H3,(H,28,38)(H,29,36)(H,30,37)(H,31,35);4H,1-3H3;3H2,1-2H3/t19-;;/m0../s1. The third kappa shape index (κ3) is 16.4. The van der Waals surface area contributed by atoms with E-state index in [2.05, 4.69) is 72.7 Å². The highest BCUT2D eigenvalue weighted by atomic mass is 16.2. The summed E-state index contributed by atoms with van der Waals surface area (Å²) in [6, 6.07) is 15.3. The molecule has 0 aromatic heterocycles. The van der Waals surface area contributed by atoms with Gasteiger partial charge in [-0.15, -0.1) is 0 Å². The lowest BCUT2D eigenvalue weighted by atomic mass is 10.1. The maximum Gasteiger partial charge on any atom is 0.289 e. The molecule has 1 heterocycles. The second kappa shape index (κ2) is 21.5. The first kappa shape index (κ1) is 38.8. The van der Waals surface area contributed by atoms with Crippen molar-refractivity contribution in [1.82, 2.24) is 26.2 Å². The summed E-state index contributed by atoms with van der Waals surface area (Å²) in [5, 5.41) is 9.80. The Hall–Kier alpha value is -4.25. The number of Topliss-reactive ketones (excluding diaryl/α,β-unsaturated/α-hetero) is 1. The van der Waals surface area contributed by atoms with Crippen LogP contribution in [0, 0.1) is 5.92 Å². The Morgan fingerprint density at radius 2 is 1.31 bits per heavy atom. The van der Waals surface area contributed by atoms with Gasteiger partial charge in [0.25, 0.3) is 11.8 Å². The molecule has 11 heteroatoms. The molecule has 0 saturated carbocycles. The third-order valence-electron chi connectivity index (χ3n) is 6.15. The molecule has 0 spiro atoms. The molecule has 1 aliphatic rings. The van der Waals surface area contributed by atoms with E-state index >= 15 is 0 Å². The van der Waals surface area contributed by atoms with Crippen LogP contribution in [-0.2, 0) is 25.7 Å². The number of rotatable bonds is 11. The van der Waals surface area contributed by atoms with Crippen molar-refractivity contribution in [3.63, 3.8) is 0 Å². The van der Waals surface area contributed by atoms with Crippen LogP contribution in [0.5, 0.6) is 0 Å². The first-order chi connectivity index (χ1) is 21.4. The molecule has 4 N–H and O–H groups in total. The molecule has 248 valence electrons. The van der Waals surface area contributed by atoms with Gasteiger partial charge >= 0.3 is 0 Å². The monoisotopic (exact) mass is 624 g/mol. The molecule has 1 atom stereocenters. The molecular weight excluding hydrogens is 572 g/mol. The zero-order valence-corrected chi connectivity index (χ0v) is 27.9. The van der Waals surface area contributed by atoms with Crippen molar-refractivity contribution in [3.05, 3.63) is 65.7 Å². The van der Waals surface area contributed by atoms with Crippen LogP contribution in [0.15, 0.2) is 54.6 Å². The van der Waals surface area contributed by atoms with Gasteiger partial charge in [0, 0.05) is 44.0 Å². The summed E-state index contributed by atoms with van der Waals surface area (Å²) in [5.74, 6) is -2.40. The van der Waals surface area contributed by atoms with Crippen molar-refractivity contribution < 1.29 is 24.0 Å². The lowest BCUT2D eigenvalue weighted by Gasteiger charge is -2.34. The second-order valence-corrected chi connectivity index (χ2v) is 11.6. The zero-order valence-electron chi connectivity index (χ0n) is 27.9. The van der Waals surface area contributed by atoms with Crippen molar-refractivity contribution in [1.29, 1.82) is 0 Å². The van der Waals surface area contributed by atoms with Gasteiger partial charge in [0.15, 0.2) is 0 Å². The number of piperazine rings is 1. The number of hydrogen-bond acceptors (Lipinski definition) is 7. The van der Waals surface area contributed by atoms with E-state index in [0.29, 0.717) is 5.56 Å². The van der Waals surface area contributed by atoms with Gasteiger partial charge in [-0.25, -0.2) is 0 Å². The molecule has 45 heavy (non-hydrogen) atoms. The fourth-order valence-corrected chi connectivity index (χ4v) is 3.78. The smallest absolute Gasteiger partial charge is 0.289 e. The molecule has 2 aromatic rings. The molecule has 1 fully saturated rings. The average Bonchev–Trinajstić information content (AvgIpc) is 3.02. The normalized spacial score (nSPS) is 13.2. The summed E-state index contributed by atoms with van der Waals surface area (Å²) in [5.41, 5.74) is 2.38. The Balaban J connectivity index is 0.00000131. The van der Waals surface area contributed by atoms with E-state index in [1.165, 1.54) is 13.3 Å². The number of carbonyl (C=O) groups is 5. The molecule has 0 radical (unpaired) electrons. The van der Waals surface area contributed by atoms with Crippen LogP contribution in [-0.4, -0.2) is 86.7 Å². The summed E-state index contributed by atoms with van der Waals surface area (Å²) in [4.78, 5) is 65.1. The van der Waals surface area contributed by atoms with Crippen molar-refractivity contribution >= 4 is 35.1 Å². The van der Waals surface area contributed by atoms with Crippen LogP contribution in [0.25, 0.3) is 0 Å². The molecule has 11 nitrogen and oxygen atoms in total. The van der Waals surface area contributed by atoms with Crippen LogP contribution >= 0.6 is 0 Å². The minimum Gasteiger partial charge on any atom is -0.369 e. The minimum absolute atomic E-state index is 0.183. The van der Waals surface area contributed by atoms with E-state index in [9.17, 15) is 24.0 Å². The highest BCUT2D eigenvalue weighted by Crippen LogP contribution is 2.17. The van der Waals surface area contributed by atoms with Crippen molar-refractivity contribution in [3.8, 4) is 0 Å². The Morgan fingerprint density at radius 1 is 0.756 bits per heavy atom. The SMILES string of the molecule is CC(C)C.CCC.C[C@H](NC(=O)CNC(=O)c1ccccc1)C(=O)NCC(=O)C(=O)NCc1ccc(N2CCN(C)CC2)cc1. The van der Waals surface area contributed by atoms with E-state index < -0.39 is 42.0 Å². The summed E-state index contributed by atoms with van der Waals surface area (Å²) in [6.07, 6.45) is 1.25. The minimum atomic E-state index is -0.967.